The third-order valence-corrected chi connectivity index (χ3v) is 5.97. The van der Waals surface area contributed by atoms with E-state index < -0.39 is 24.3 Å². The van der Waals surface area contributed by atoms with Gasteiger partial charge in [-0.2, -0.15) is 0 Å². The summed E-state index contributed by atoms with van der Waals surface area (Å²) >= 11 is 12.1. The number of fused-ring (bicyclic) bond motifs is 1. The molecule has 162 valence electrons. The normalized spacial score (nSPS) is 25.1. The molecule has 5 N–H and O–H groups in total. The second-order valence-corrected chi connectivity index (χ2v) is 8.41. The van der Waals surface area contributed by atoms with Crippen LogP contribution in [0, 0.1) is 18.8 Å². The number of nitrogens with one attached hydrogen (secondary N) is 5. The van der Waals surface area contributed by atoms with Gasteiger partial charge < -0.3 is 21.3 Å². The van der Waals surface area contributed by atoms with E-state index in [1.54, 1.807) is 24.3 Å². The van der Waals surface area contributed by atoms with Gasteiger partial charge in [0.2, 0.25) is 17.7 Å². The number of carbonyl (C=O) groups excluding carboxylic acids is 3. The van der Waals surface area contributed by atoms with Crippen molar-refractivity contribution in [2.75, 3.05) is 10.6 Å². The van der Waals surface area contributed by atoms with E-state index in [0.717, 1.165) is 5.56 Å². The van der Waals surface area contributed by atoms with Crippen LogP contribution in [0.1, 0.15) is 12.0 Å². The molecule has 2 aromatic carbocycles. The predicted octanol–water partition coefficient (Wildman–Crippen LogP) is 2.43. The van der Waals surface area contributed by atoms with Crippen LogP contribution in [0.5, 0.6) is 0 Å². The minimum atomic E-state index is -0.814. The molecule has 0 radical (unpaired) electrons. The molecule has 4 rings (SSSR count). The highest BCUT2D eigenvalue weighted by atomic mass is 35.5. The highest BCUT2D eigenvalue weighted by molar-refractivity contribution is 6.36. The number of hydrogen-bond acceptors (Lipinski definition) is 5. The summed E-state index contributed by atoms with van der Waals surface area (Å²) in [5.41, 5.74) is 2.09. The highest BCUT2D eigenvalue weighted by Crippen LogP contribution is 2.30. The average Bonchev–Trinajstić information content (AvgIpc) is 2.71. The number of piperidine rings is 1. The van der Waals surface area contributed by atoms with Crippen molar-refractivity contribution in [3.8, 4) is 0 Å². The Kier molecular flexibility index (Phi) is 6.04. The summed E-state index contributed by atoms with van der Waals surface area (Å²) in [5.74, 6) is -2.61. The van der Waals surface area contributed by atoms with Gasteiger partial charge in [-0.25, -0.2) is 0 Å². The molecule has 31 heavy (non-hydrogen) atoms. The smallest absolute Gasteiger partial charge is 0.229 e. The van der Waals surface area contributed by atoms with Gasteiger partial charge in [-0.15, -0.1) is 0 Å². The number of amides is 3. The number of hydrogen-bond donors (Lipinski definition) is 5. The van der Waals surface area contributed by atoms with Crippen LogP contribution in [0.15, 0.2) is 42.5 Å². The molecule has 4 atom stereocenters. The van der Waals surface area contributed by atoms with Gasteiger partial charge in [0.1, 0.15) is 0 Å². The topological polar surface area (TPSA) is 111 Å². The van der Waals surface area contributed by atoms with E-state index in [0.29, 0.717) is 21.4 Å². The van der Waals surface area contributed by atoms with Crippen LogP contribution in [0.4, 0.5) is 11.4 Å². The SMILES string of the molecule is Cc1ccccc1NC(=O)C1CC(=O)NC2NC(Nc3ccc(Cl)cc3Cl)NC(=O)C21. The zero-order chi connectivity index (χ0) is 22.1. The second kappa shape index (κ2) is 8.74. The van der Waals surface area contributed by atoms with Crippen LogP contribution in [0.2, 0.25) is 10.0 Å². The van der Waals surface area contributed by atoms with E-state index in [4.69, 9.17) is 23.2 Å². The third kappa shape index (κ3) is 4.61. The molecule has 2 aliphatic rings. The molecule has 2 aliphatic heterocycles. The Balaban J connectivity index is 1.50. The van der Waals surface area contributed by atoms with Crippen LogP contribution < -0.4 is 26.6 Å². The quantitative estimate of drug-likeness (QED) is 0.480. The number of aryl methyl sites for hydroxylation is 1. The molecule has 0 bridgehead atoms. The second-order valence-electron chi connectivity index (χ2n) is 7.56. The Labute approximate surface area is 189 Å². The lowest BCUT2D eigenvalue weighted by molar-refractivity contribution is -0.144. The van der Waals surface area contributed by atoms with E-state index in [-0.39, 0.29) is 24.1 Å². The summed E-state index contributed by atoms with van der Waals surface area (Å²) in [4.78, 5) is 38.2. The van der Waals surface area contributed by atoms with Gasteiger partial charge in [0.15, 0.2) is 6.29 Å². The molecule has 3 amide bonds. The van der Waals surface area contributed by atoms with Gasteiger partial charge in [0, 0.05) is 17.1 Å². The van der Waals surface area contributed by atoms with Crippen LogP contribution in [-0.2, 0) is 14.4 Å². The summed E-state index contributed by atoms with van der Waals surface area (Å²) in [6.07, 6.45) is -1.49. The minimum absolute atomic E-state index is 0.0743. The van der Waals surface area contributed by atoms with Crippen molar-refractivity contribution in [1.29, 1.82) is 0 Å². The Hall–Kier alpha value is -2.81. The van der Waals surface area contributed by atoms with Gasteiger partial charge >= 0.3 is 0 Å². The zero-order valence-corrected chi connectivity index (χ0v) is 18.1. The van der Waals surface area contributed by atoms with Crippen molar-refractivity contribution in [1.82, 2.24) is 16.0 Å². The molecule has 0 spiro atoms. The van der Waals surface area contributed by atoms with E-state index >= 15 is 0 Å². The molecular formula is C21H21Cl2N5O3. The van der Waals surface area contributed by atoms with Crippen LogP contribution in [-0.4, -0.2) is 30.2 Å². The molecule has 2 aromatic rings. The Morgan fingerprint density at radius 2 is 1.84 bits per heavy atom. The van der Waals surface area contributed by atoms with Gasteiger partial charge in [-0.1, -0.05) is 41.4 Å². The van der Waals surface area contributed by atoms with E-state index in [2.05, 4.69) is 26.6 Å². The third-order valence-electron chi connectivity index (χ3n) is 5.42. The standard InChI is InChI=1S/C21H21Cl2N5O3/c1-10-4-2-3-5-14(10)24-19(30)12-9-16(29)26-18-17(12)20(31)28-21(27-18)25-15-7-6-11(22)8-13(15)23/h2-8,12,17-18,21,25,27H,9H2,1H3,(H,24,30)(H,26,29)(H,28,31). The maximum absolute atomic E-state index is 13.0. The monoisotopic (exact) mass is 461 g/mol. The number of rotatable bonds is 4. The molecule has 0 aliphatic carbocycles. The Morgan fingerprint density at radius 1 is 1.06 bits per heavy atom. The van der Waals surface area contributed by atoms with Crippen molar-refractivity contribution in [3.05, 3.63) is 58.1 Å². The van der Waals surface area contributed by atoms with Gasteiger partial charge in [0.05, 0.1) is 28.7 Å². The fraction of sp³-hybridized carbons (Fsp3) is 0.286. The molecular weight excluding hydrogens is 441 g/mol. The summed E-state index contributed by atoms with van der Waals surface area (Å²) in [5, 5.41) is 15.5. The van der Waals surface area contributed by atoms with Crippen molar-refractivity contribution in [3.63, 3.8) is 0 Å². The number of carbonyl (C=O) groups is 3. The van der Waals surface area contributed by atoms with Crippen molar-refractivity contribution < 1.29 is 14.4 Å². The summed E-state index contributed by atoms with van der Waals surface area (Å²) in [6, 6.07) is 12.3. The lowest BCUT2D eigenvalue weighted by Crippen LogP contribution is -2.72. The first-order valence-electron chi connectivity index (χ1n) is 9.75. The molecule has 2 saturated heterocycles. The molecule has 0 aromatic heterocycles. The number of para-hydroxylation sites is 1. The van der Waals surface area contributed by atoms with Crippen LogP contribution in [0.25, 0.3) is 0 Å². The fourth-order valence-corrected chi connectivity index (χ4v) is 4.32. The number of anilines is 2. The summed E-state index contributed by atoms with van der Waals surface area (Å²) < 4.78 is 0. The number of benzene rings is 2. The fourth-order valence-electron chi connectivity index (χ4n) is 3.85. The lowest BCUT2D eigenvalue weighted by atomic mass is 9.81. The van der Waals surface area contributed by atoms with Crippen molar-refractivity contribution >= 4 is 52.3 Å². The predicted molar refractivity (Wildman–Crippen MR) is 118 cm³/mol. The Morgan fingerprint density at radius 3 is 2.58 bits per heavy atom. The maximum atomic E-state index is 13.0. The van der Waals surface area contributed by atoms with E-state index in [9.17, 15) is 14.4 Å². The van der Waals surface area contributed by atoms with E-state index in [1.807, 2.05) is 25.1 Å². The zero-order valence-electron chi connectivity index (χ0n) is 16.5. The average molecular weight is 462 g/mol. The van der Waals surface area contributed by atoms with Gasteiger partial charge in [0.25, 0.3) is 0 Å². The number of halogens is 2. The van der Waals surface area contributed by atoms with Gasteiger partial charge in [-0.3, -0.25) is 19.7 Å². The molecule has 10 heteroatoms. The van der Waals surface area contributed by atoms with Crippen molar-refractivity contribution in [2.24, 2.45) is 11.8 Å². The first-order chi connectivity index (χ1) is 14.8. The first-order valence-corrected chi connectivity index (χ1v) is 10.5. The summed E-state index contributed by atoms with van der Waals surface area (Å²) in [7, 11) is 0. The largest absolute Gasteiger partial charge is 0.352 e. The summed E-state index contributed by atoms with van der Waals surface area (Å²) in [6.45, 7) is 1.87. The molecule has 4 unspecified atom stereocenters. The lowest BCUT2D eigenvalue weighted by Gasteiger charge is -2.43. The highest BCUT2D eigenvalue weighted by Gasteiger charge is 2.48. The molecule has 2 heterocycles. The van der Waals surface area contributed by atoms with E-state index in [1.165, 1.54) is 0 Å². The molecule has 0 saturated carbocycles. The van der Waals surface area contributed by atoms with Crippen molar-refractivity contribution in [2.45, 2.75) is 25.8 Å². The minimum Gasteiger partial charge on any atom is -0.352 e. The Bertz CT molecular complexity index is 1050. The first kappa shape index (κ1) is 21.4. The molecule has 2 fully saturated rings. The maximum Gasteiger partial charge on any atom is 0.229 e. The van der Waals surface area contributed by atoms with Crippen LogP contribution >= 0.6 is 23.2 Å². The van der Waals surface area contributed by atoms with Gasteiger partial charge in [-0.05, 0) is 36.8 Å². The van der Waals surface area contributed by atoms with Crippen LogP contribution in [0.3, 0.4) is 0 Å². The molecule has 8 nitrogen and oxygen atoms in total.